The van der Waals surface area contributed by atoms with Gasteiger partial charge in [-0.25, -0.2) is 19.5 Å². The highest BCUT2D eigenvalue weighted by Gasteiger charge is 2.19. The summed E-state index contributed by atoms with van der Waals surface area (Å²) < 4.78 is 4.58. The first-order valence-corrected chi connectivity index (χ1v) is 4.76. The molecule has 1 aromatic rings. The van der Waals surface area contributed by atoms with Crippen LogP contribution in [-0.2, 0) is 9.53 Å². The van der Waals surface area contributed by atoms with E-state index in [4.69, 9.17) is 5.11 Å². The van der Waals surface area contributed by atoms with Crippen LogP contribution in [0.5, 0.6) is 0 Å². The minimum atomic E-state index is -1.15. The highest BCUT2D eigenvalue weighted by Crippen LogP contribution is 2.16. The summed E-state index contributed by atoms with van der Waals surface area (Å²) in [5, 5.41) is 8.66. The molecule has 1 amide bonds. The lowest BCUT2D eigenvalue weighted by atomic mass is 10.3. The van der Waals surface area contributed by atoms with Crippen molar-refractivity contribution in [1.29, 1.82) is 0 Å². The van der Waals surface area contributed by atoms with Gasteiger partial charge in [-0.1, -0.05) is 6.07 Å². The molecule has 6 heteroatoms. The van der Waals surface area contributed by atoms with Crippen molar-refractivity contribution < 1.29 is 19.4 Å². The molecule has 0 fully saturated rings. The Labute approximate surface area is 98.1 Å². The van der Waals surface area contributed by atoms with Crippen molar-refractivity contribution in [3.8, 4) is 0 Å². The molecule has 0 radical (unpaired) electrons. The van der Waals surface area contributed by atoms with Gasteiger partial charge in [-0.3, -0.25) is 0 Å². The van der Waals surface area contributed by atoms with Crippen molar-refractivity contribution >= 4 is 17.9 Å². The number of carbonyl (C=O) groups excluding carboxylic acids is 1. The Morgan fingerprint density at radius 3 is 2.65 bits per heavy atom. The fourth-order valence-corrected chi connectivity index (χ4v) is 1.24. The van der Waals surface area contributed by atoms with E-state index in [1.807, 2.05) is 0 Å². The van der Waals surface area contributed by atoms with E-state index in [9.17, 15) is 9.59 Å². The molecule has 0 aliphatic carbocycles. The molecule has 0 aliphatic heterocycles. The number of aliphatic carboxylic acids is 1. The molecule has 0 atom stereocenters. The lowest BCUT2D eigenvalue weighted by molar-refractivity contribution is -0.131. The maximum atomic E-state index is 11.6. The van der Waals surface area contributed by atoms with Crippen LogP contribution in [0.1, 0.15) is 6.92 Å². The molecule has 1 aromatic heterocycles. The Bertz CT molecular complexity index is 442. The molecule has 0 unspecified atom stereocenters. The number of methoxy groups -OCH3 is 1. The van der Waals surface area contributed by atoms with Crippen LogP contribution in [0.15, 0.2) is 36.2 Å². The van der Waals surface area contributed by atoms with Gasteiger partial charge in [-0.15, -0.1) is 0 Å². The van der Waals surface area contributed by atoms with Crippen molar-refractivity contribution in [3.63, 3.8) is 0 Å². The third-order valence-electron chi connectivity index (χ3n) is 1.92. The summed E-state index contributed by atoms with van der Waals surface area (Å²) in [5.41, 5.74) is 0.211. The van der Waals surface area contributed by atoms with E-state index in [2.05, 4.69) is 9.72 Å². The molecule has 1 N–H and O–H groups in total. The molecule has 0 aliphatic rings. The monoisotopic (exact) mass is 236 g/mol. The van der Waals surface area contributed by atoms with Crippen LogP contribution in [-0.4, -0.2) is 29.3 Å². The summed E-state index contributed by atoms with van der Waals surface area (Å²) in [5.74, 6) is -0.846. The SMILES string of the molecule is COC(=O)N(/C(C)=C\C(=O)O)c1ccccn1. The Morgan fingerprint density at radius 1 is 1.47 bits per heavy atom. The van der Waals surface area contributed by atoms with Gasteiger partial charge < -0.3 is 9.84 Å². The predicted octanol–water partition coefficient (Wildman–Crippen LogP) is 1.64. The smallest absolute Gasteiger partial charge is 0.419 e. The Morgan fingerprint density at radius 2 is 2.18 bits per heavy atom. The molecule has 6 nitrogen and oxygen atoms in total. The summed E-state index contributed by atoms with van der Waals surface area (Å²) in [4.78, 5) is 27.2. The minimum Gasteiger partial charge on any atom is -0.478 e. The zero-order valence-electron chi connectivity index (χ0n) is 9.45. The van der Waals surface area contributed by atoms with Crippen molar-refractivity contribution in [2.45, 2.75) is 6.92 Å². The van der Waals surface area contributed by atoms with E-state index in [0.29, 0.717) is 5.82 Å². The first kappa shape index (κ1) is 12.7. The zero-order valence-corrected chi connectivity index (χ0v) is 9.45. The average Bonchev–Trinajstić information content (AvgIpc) is 2.29. The number of ether oxygens (including phenoxy) is 1. The van der Waals surface area contributed by atoms with E-state index < -0.39 is 12.1 Å². The maximum absolute atomic E-state index is 11.6. The number of carboxylic acid groups (broad SMARTS) is 1. The number of hydrogen-bond donors (Lipinski definition) is 1. The summed E-state index contributed by atoms with van der Waals surface area (Å²) >= 11 is 0. The van der Waals surface area contributed by atoms with Gasteiger partial charge in [0.25, 0.3) is 0 Å². The normalized spacial score (nSPS) is 10.8. The quantitative estimate of drug-likeness (QED) is 0.807. The van der Waals surface area contributed by atoms with Gasteiger partial charge in [0.2, 0.25) is 0 Å². The molecule has 0 bridgehead atoms. The largest absolute Gasteiger partial charge is 0.478 e. The van der Waals surface area contributed by atoms with Gasteiger partial charge in [0.15, 0.2) is 0 Å². The third-order valence-corrected chi connectivity index (χ3v) is 1.92. The van der Waals surface area contributed by atoms with Gasteiger partial charge in [-0.2, -0.15) is 0 Å². The lowest BCUT2D eigenvalue weighted by Crippen LogP contribution is -2.30. The number of anilines is 1. The highest BCUT2D eigenvalue weighted by atomic mass is 16.5. The summed E-state index contributed by atoms with van der Waals surface area (Å²) in [6.07, 6.45) is 1.71. The number of carbonyl (C=O) groups is 2. The maximum Gasteiger partial charge on any atom is 0.419 e. The molecule has 1 rings (SSSR count). The van der Waals surface area contributed by atoms with Crippen molar-refractivity contribution in [3.05, 3.63) is 36.2 Å². The number of rotatable bonds is 3. The Hall–Kier alpha value is -2.37. The standard InChI is InChI=1S/C11H12N2O4/c1-8(7-10(14)15)13(11(16)17-2)9-5-3-4-6-12-9/h3-7H,1-2H3,(H,14,15)/b8-7-. The minimum absolute atomic E-state index is 0.211. The van der Waals surface area contributed by atoms with Crippen molar-refractivity contribution in [2.24, 2.45) is 0 Å². The molecule has 1 heterocycles. The van der Waals surface area contributed by atoms with Crippen LogP contribution in [0, 0.1) is 0 Å². The second-order valence-electron chi connectivity index (χ2n) is 3.12. The van der Waals surface area contributed by atoms with Crippen LogP contribution >= 0.6 is 0 Å². The predicted molar refractivity (Wildman–Crippen MR) is 60.5 cm³/mol. The Balaban J connectivity index is 3.14. The zero-order chi connectivity index (χ0) is 12.8. The molecular weight excluding hydrogens is 224 g/mol. The van der Waals surface area contributed by atoms with Gasteiger partial charge in [0.1, 0.15) is 5.82 Å². The molecule has 17 heavy (non-hydrogen) atoms. The summed E-state index contributed by atoms with van der Waals surface area (Å²) in [6.45, 7) is 1.49. The summed E-state index contributed by atoms with van der Waals surface area (Å²) in [7, 11) is 1.21. The van der Waals surface area contributed by atoms with E-state index in [-0.39, 0.29) is 5.70 Å². The van der Waals surface area contributed by atoms with Crippen molar-refractivity contribution in [1.82, 2.24) is 4.98 Å². The van der Waals surface area contributed by atoms with Crippen LogP contribution in [0.25, 0.3) is 0 Å². The number of carboxylic acids is 1. The Kier molecular flexibility index (Phi) is 4.21. The average molecular weight is 236 g/mol. The van der Waals surface area contributed by atoms with Gasteiger partial charge in [0.05, 0.1) is 7.11 Å². The number of allylic oxidation sites excluding steroid dienone is 1. The fourth-order valence-electron chi connectivity index (χ4n) is 1.24. The first-order valence-electron chi connectivity index (χ1n) is 4.76. The van der Waals surface area contributed by atoms with Crippen LogP contribution in [0.3, 0.4) is 0 Å². The van der Waals surface area contributed by atoms with Crippen LogP contribution < -0.4 is 4.90 Å². The molecule has 0 saturated carbocycles. The molecule has 0 saturated heterocycles. The highest BCUT2D eigenvalue weighted by molar-refractivity contribution is 5.92. The van der Waals surface area contributed by atoms with Crippen molar-refractivity contribution in [2.75, 3.05) is 12.0 Å². The second-order valence-corrected chi connectivity index (χ2v) is 3.12. The van der Waals surface area contributed by atoms with E-state index in [1.165, 1.54) is 20.2 Å². The van der Waals surface area contributed by atoms with E-state index in [1.54, 1.807) is 18.2 Å². The third kappa shape index (κ3) is 3.30. The lowest BCUT2D eigenvalue weighted by Gasteiger charge is -2.20. The van der Waals surface area contributed by atoms with E-state index in [0.717, 1.165) is 11.0 Å². The molecular formula is C11H12N2O4. The number of aromatic nitrogens is 1. The van der Waals surface area contributed by atoms with Crippen LogP contribution in [0.4, 0.5) is 10.6 Å². The fraction of sp³-hybridized carbons (Fsp3) is 0.182. The number of hydrogen-bond acceptors (Lipinski definition) is 4. The van der Waals surface area contributed by atoms with Crippen LogP contribution in [0.2, 0.25) is 0 Å². The van der Waals surface area contributed by atoms with Gasteiger partial charge >= 0.3 is 12.1 Å². The molecule has 0 spiro atoms. The second kappa shape index (κ2) is 5.64. The van der Waals surface area contributed by atoms with Gasteiger partial charge in [-0.05, 0) is 19.1 Å². The van der Waals surface area contributed by atoms with Gasteiger partial charge in [0, 0.05) is 18.0 Å². The topological polar surface area (TPSA) is 79.7 Å². The molecule has 90 valence electrons. The summed E-state index contributed by atoms with van der Waals surface area (Å²) in [6, 6.07) is 4.96. The van der Waals surface area contributed by atoms with E-state index >= 15 is 0 Å². The number of nitrogens with zero attached hydrogens (tertiary/aromatic N) is 2. The molecule has 0 aromatic carbocycles. The first-order chi connectivity index (χ1) is 8.06. The number of pyridine rings is 1. The number of amides is 1.